The van der Waals surface area contributed by atoms with Crippen LogP contribution in [0, 0.1) is 20.8 Å². The lowest BCUT2D eigenvalue weighted by Crippen LogP contribution is -2.36. The van der Waals surface area contributed by atoms with E-state index >= 15 is 0 Å². The SMILES string of the molecule is CCC1CC(C)OC(CCc2ccc(N(c3ccc(C)cc3)c3ccc(C)c(C)c3)cc2)O1. The number of nitrogens with zero attached hydrogens (tertiary/aromatic N) is 1. The van der Waals surface area contributed by atoms with E-state index < -0.39 is 0 Å². The first-order valence-electron chi connectivity index (χ1n) is 12.3. The third-order valence-electron chi connectivity index (χ3n) is 6.68. The Hall–Kier alpha value is -2.62. The number of aryl methyl sites for hydroxylation is 4. The molecule has 0 radical (unpaired) electrons. The summed E-state index contributed by atoms with van der Waals surface area (Å²) in [5.41, 5.74) is 8.69. The predicted octanol–water partition coefficient (Wildman–Crippen LogP) is 7.94. The van der Waals surface area contributed by atoms with Crippen LogP contribution in [0.2, 0.25) is 0 Å². The highest BCUT2D eigenvalue weighted by Crippen LogP contribution is 2.35. The summed E-state index contributed by atoms with van der Waals surface area (Å²) in [6, 6.07) is 24.3. The van der Waals surface area contributed by atoms with Gasteiger partial charge in [-0.1, -0.05) is 42.8 Å². The van der Waals surface area contributed by atoms with Gasteiger partial charge >= 0.3 is 0 Å². The number of hydrogen-bond acceptors (Lipinski definition) is 3. The second kappa shape index (κ2) is 10.5. The summed E-state index contributed by atoms with van der Waals surface area (Å²) in [6.07, 6.45) is 4.37. The minimum absolute atomic E-state index is 0.0991. The van der Waals surface area contributed by atoms with Gasteiger partial charge in [0.2, 0.25) is 0 Å². The molecule has 3 aromatic carbocycles. The molecule has 0 aromatic heterocycles. The van der Waals surface area contributed by atoms with Crippen molar-refractivity contribution >= 4 is 17.1 Å². The minimum Gasteiger partial charge on any atom is -0.350 e. The number of hydrogen-bond donors (Lipinski definition) is 0. The zero-order chi connectivity index (χ0) is 23.4. The first-order chi connectivity index (χ1) is 15.9. The molecular weight excluding hydrogens is 406 g/mol. The fourth-order valence-electron chi connectivity index (χ4n) is 4.49. The molecule has 1 aliphatic rings. The van der Waals surface area contributed by atoms with Crippen molar-refractivity contribution in [3.05, 3.63) is 89.0 Å². The normalized spacial score (nSPS) is 20.6. The lowest BCUT2D eigenvalue weighted by Gasteiger charge is -2.34. The van der Waals surface area contributed by atoms with Crippen LogP contribution in [0.4, 0.5) is 17.1 Å². The maximum absolute atomic E-state index is 6.11. The van der Waals surface area contributed by atoms with Gasteiger partial charge in [0.05, 0.1) is 12.2 Å². The smallest absolute Gasteiger partial charge is 0.158 e. The van der Waals surface area contributed by atoms with E-state index in [2.05, 4.69) is 106 Å². The molecule has 3 aromatic rings. The van der Waals surface area contributed by atoms with Crippen LogP contribution in [0.25, 0.3) is 0 Å². The van der Waals surface area contributed by atoms with Crippen molar-refractivity contribution in [2.75, 3.05) is 4.90 Å². The predicted molar refractivity (Wildman–Crippen MR) is 138 cm³/mol. The monoisotopic (exact) mass is 443 g/mol. The highest BCUT2D eigenvalue weighted by atomic mass is 16.7. The van der Waals surface area contributed by atoms with E-state index in [1.54, 1.807) is 0 Å². The molecule has 33 heavy (non-hydrogen) atoms. The standard InChI is InChI=1S/C30H37NO2/c1-6-29-20-24(5)32-30(33-29)18-12-25-10-16-27(17-11-25)31(26-13-7-21(2)8-14-26)28-15-9-22(3)23(4)19-28/h7-11,13-17,19,24,29-30H,6,12,18,20H2,1-5H3. The van der Waals surface area contributed by atoms with Crippen molar-refractivity contribution in [3.8, 4) is 0 Å². The summed E-state index contributed by atoms with van der Waals surface area (Å²) in [4.78, 5) is 2.33. The van der Waals surface area contributed by atoms with Gasteiger partial charge in [0.15, 0.2) is 6.29 Å². The molecule has 1 heterocycles. The first-order valence-corrected chi connectivity index (χ1v) is 12.3. The summed E-state index contributed by atoms with van der Waals surface area (Å²) in [7, 11) is 0. The van der Waals surface area contributed by atoms with E-state index in [1.807, 2.05) is 0 Å². The van der Waals surface area contributed by atoms with Crippen LogP contribution in [0.3, 0.4) is 0 Å². The Bertz CT molecular complexity index is 1040. The van der Waals surface area contributed by atoms with Gasteiger partial charge in [-0.2, -0.15) is 0 Å². The van der Waals surface area contributed by atoms with E-state index in [4.69, 9.17) is 9.47 Å². The van der Waals surface area contributed by atoms with Crippen molar-refractivity contribution < 1.29 is 9.47 Å². The quantitative estimate of drug-likeness (QED) is 0.370. The van der Waals surface area contributed by atoms with Crippen molar-refractivity contribution in [2.24, 2.45) is 0 Å². The Morgan fingerprint density at radius 3 is 2.06 bits per heavy atom. The molecule has 1 saturated heterocycles. The zero-order valence-corrected chi connectivity index (χ0v) is 20.7. The Morgan fingerprint density at radius 2 is 1.42 bits per heavy atom. The number of rotatable bonds is 7. The van der Waals surface area contributed by atoms with E-state index in [1.165, 1.54) is 33.6 Å². The van der Waals surface area contributed by atoms with E-state index in [0.717, 1.165) is 31.4 Å². The number of ether oxygens (including phenoxy) is 2. The number of benzene rings is 3. The Kier molecular flexibility index (Phi) is 7.52. The Balaban J connectivity index is 1.53. The van der Waals surface area contributed by atoms with Crippen LogP contribution in [0.15, 0.2) is 66.7 Å². The van der Waals surface area contributed by atoms with E-state index in [-0.39, 0.29) is 12.4 Å². The molecule has 4 rings (SSSR count). The highest BCUT2D eigenvalue weighted by molar-refractivity contribution is 5.77. The van der Waals surface area contributed by atoms with Gasteiger partial charge < -0.3 is 14.4 Å². The van der Waals surface area contributed by atoms with E-state index in [0.29, 0.717) is 6.10 Å². The summed E-state index contributed by atoms with van der Waals surface area (Å²) in [5.74, 6) is 0. The van der Waals surface area contributed by atoms with Crippen molar-refractivity contribution in [3.63, 3.8) is 0 Å². The molecule has 174 valence electrons. The van der Waals surface area contributed by atoms with Crippen LogP contribution >= 0.6 is 0 Å². The summed E-state index contributed by atoms with van der Waals surface area (Å²) in [6.45, 7) is 10.8. The molecule has 1 aliphatic heterocycles. The van der Waals surface area contributed by atoms with E-state index in [9.17, 15) is 0 Å². The molecule has 3 atom stereocenters. The topological polar surface area (TPSA) is 21.7 Å². The van der Waals surface area contributed by atoms with Crippen LogP contribution in [-0.2, 0) is 15.9 Å². The molecule has 0 saturated carbocycles. The molecule has 0 aliphatic carbocycles. The third kappa shape index (κ3) is 5.85. The fourth-order valence-corrected chi connectivity index (χ4v) is 4.49. The molecule has 3 nitrogen and oxygen atoms in total. The maximum atomic E-state index is 6.11. The Morgan fingerprint density at radius 1 is 0.788 bits per heavy atom. The van der Waals surface area contributed by atoms with Crippen molar-refractivity contribution in [1.29, 1.82) is 0 Å². The molecule has 0 N–H and O–H groups in total. The third-order valence-corrected chi connectivity index (χ3v) is 6.68. The van der Waals surface area contributed by atoms with Crippen molar-refractivity contribution in [1.82, 2.24) is 0 Å². The molecule has 0 spiro atoms. The molecule has 0 amide bonds. The molecule has 3 unspecified atom stereocenters. The molecular formula is C30H37NO2. The van der Waals surface area contributed by atoms with Crippen LogP contribution in [0.1, 0.15) is 55.4 Å². The lowest BCUT2D eigenvalue weighted by atomic mass is 10.1. The average Bonchev–Trinajstić information content (AvgIpc) is 2.82. The highest BCUT2D eigenvalue weighted by Gasteiger charge is 2.26. The van der Waals surface area contributed by atoms with Gasteiger partial charge in [-0.3, -0.25) is 0 Å². The Labute approximate surface area is 199 Å². The van der Waals surface area contributed by atoms with Gasteiger partial charge in [0, 0.05) is 23.5 Å². The van der Waals surface area contributed by atoms with Gasteiger partial charge in [-0.25, -0.2) is 0 Å². The van der Waals surface area contributed by atoms with Gasteiger partial charge in [0.25, 0.3) is 0 Å². The summed E-state index contributed by atoms with van der Waals surface area (Å²) < 4.78 is 12.1. The van der Waals surface area contributed by atoms with Crippen LogP contribution in [-0.4, -0.2) is 18.5 Å². The maximum Gasteiger partial charge on any atom is 0.158 e. The second-order valence-corrected chi connectivity index (χ2v) is 9.42. The lowest BCUT2D eigenvalue weighted by molar-refractivity contribution is -0.240. The second-order valence-electron chi connectivity index (χ2n) is 9.42. The molecule has 0 bridgehead atoms. The van der Waals surface area contributed by atoms with Gasteiger partial charge in [0.1, 0.15) is 0 Å². The van der Waals surface area contributed by atoms with Gasteiger partial charge in [-0.15, -0.1) is 0 Å². The fraction of sp³-hybridized carbons (Fsp3) is 0.400. The van der Waals surface area contributed by atoms with Gasteiger partial charge in [-0.05, 0) is 100 Å². The summed E-state index contributed by atoms with van der Waals surface area (Å²) >= 11 is 0. The summed E-state index contributed by atoms with van der Waals surface area (Å²) in [5, 5.41) is 0. The first kappa shape index (κ1) is 23.5. The van der Waals surface area contributed by atoms with Crippen LogP contribution in [0.5, 0.6) is 0 Å². The zero-order valence-electron chi connectivity index (χ0n) is 20.7. The molecule has 1 fully saturated rings. The van der Waals surface area contributed by atoms with Crippen molar-refractivity contribution in [2.45, 2.75) is 78.8 Å². The minimum atomic E-state index is -0.0991. The van der Waals surface area contributed by atoms with Crippen LogP contribution < -0.4 is 4.90 Å². The largest absolute Gasteiger partial charge is 0.350 e. The molecule has 3 heteroatoms. The number of anilines is 3. The average molecular weight is 444 g/mol.